The van der Waals surface area contributed by atoms with E-state index in [0.717, 1.165) is 11.3 Å². The molecule has 6 heteroatoms. The summed E-state index contributed by atoms with van der Waals surface area (Å²) < 4.78 is 25.4. The first kappa shape index (κ1) is 11.2. The highest BCUT2D eigenvalue weighted by Crippen LogP contribution is 2.38. The standard InChI is InChI=1S/C10H6F2N2S2/c1-5-9(16-8(2-13)14-5)6-3-15-4-7(6)10(11)12/h3-4,10H,1H3. The zero-order valence-electron chi connectivity index (χ0n) is 8.20. The zero-order valence-corrected chi connectivity index (χ0v) is 9.83. The minimum absolute atomic E-state index is 0.0150. The number of hydrogen-bond donors (Lipinski definition) is 0. The van der Waals surface area contributed by atoms with Crippen molar-refractivity contribution in [1.82, 2.24) is 4.98 Å². The quantitative estimate of drug-likeness (QED) is 0.814. The summed E-state index contributed by atoms with van der Waals surface area (Å²) in [5.41, 5.74) is 1.14. The predicted octanol–water partition coefficient (Wildman–Crippen LogP) is 3.99. The van der Waals surface area contributed by atoms with Gasteiger partial charge in [0.25, 0.3) is 6.43 Å². The van der Waals surface area contributed by atoms with E-state index in [1.54, 1.807) is 12.3 Å². The minimum atomic E-state index is -2.49. The van der Waals surface area contributed by atoms with E-state index in [1.807, 2.05) is 6.07 Å². The van der Waals surface area contributed by atoms with Gasteiger partial charge in [-0.3, -0.25) is 0 Å². The van der Waals surface area contributed by atoms with Gasteiger partial charge in [0, 0.05) is 16.5 Å². The van der Waals surface area contributed by atoms with Crippen molar-refractivity contribution in [2.75, 3.05) is 0 Å². The summed E-state index contributed by atoms with van der Waals surface area (Å²) in [4.78, 5) is 4.66. The highest BCUT2D eigenvalue weighted by Gasteiger charge is 2.19. The molecule has 82 valence electrons. The van der Waals surface area contributed by atoms with Gasteiger partial charge in [-0.1, -0.05) is 0 Å². The van der Waals surface area contributed by atoms with Gasteiger partial charge in [-0.15, -0.1) is 11.3 Å². The fraction of sp³-hybridized carbons (Fsp3) is 0.200. The Morgan fingerprint density at radius 3 is 2.75 bits per heavy atom. The van der Waals surface area contributed by atoms with Crippen LogP contribution in [0.25, 0.3) is 10.4 Å². The summed E-state index contributed by atoms with van der Waals surface area (Å²) in [6, 6.07) is 1.92. The lowest BCUT2D eigenvalue weighted by atomic mass is 10.1. The first-order valence-corrected chi connectivity index (χ1v) is 6.11. The van der Waals surface area contributed by atoms with Gasteiger partial charge >= 0.3 is 0 Å². The van der Waals surface area contributed by atoms with E-state index in [9.17, 15) is 8.78 Å². The highest BCUT2D eigenvalue weighted by atomic mass is 32.1. The van der Waals surface area contributed by atoms with Crippen LogP contribution in [0.4, 0.5) is 8.78 Å². The Morgan fingerprint density at radius 2 is 2.19 bits per heavy atom. The molecule has 2 aromatic heterocycles. The summed E-state index contributed by atoms with van der Waals surface area (Å²) >= 11 is 2.38. The third-order valence-corrected chi connectivity index (χ3v) is 3.92. The van der Waals surface area contributed by atoms with E-state index < -0.39 is 6.43 Å². The maximum Gasteiger partial charge on any atom is 0.265 e. The third kappa shape index (κ3) is 1.84. The highest BCUT2D eigenvalue weighted by molar-refractivity contribution is 7.16. The number of halogens is 2. The fourth-order valence-electron chi connectivity index (χ4n) is 1.35. The predicted molar refractivity (Wildman–Crippen MR) is 59.8 cm³/mol. The van der Waals surface area contributed by atoms with Crippen LogP contribution in [-0.4, -0.2) is 4.98 Å². The number of nitriles is 1. The number of hydrogen-bond acceptors (Lipinski definition) is 4. The first-order valence-electron chi connectivity index (χ1n) is 4.35. The van der Waals surface area contributed by atoms with Gasteiger partial charge in [0.15, 0.2) is 5.01 Å². The molecule has 0 bridgehead atoms. The Hall–Kier alpha value is -1.32. The molecule has 0 N–H and O–H groups in total. The number of alkyl halides is 2. The summed E-state index contributed by atoms with van der Waals surface area (Å²) in [6.45, 7) is 1.72. The van der Waals surface area contributed by atoms with Crippen LogP contribution in [0.15, 0.2) is 10.8 Å². The van der Waals surface area contributed by atoms with E-state index in [0.29, 0.717) is 21.1 Å². The Balaban J connectivity index is 2.55. The number of rotatable bonds is 2. The van der Waals surface area contributed by atoms with Gasteiger partial charge in [0.05, 0.1) is 10.6 Å². The van der Waals surface area contributed by atoms with Gasteiger partial charge in [0.1, 0.15) is 6.07 Å². The second-order valence-electron chi connectivity index (χ2n) is 3.09. The van der Waals surface area contributed by atoms with Crippen molar-refractivity contribution >= 4 is 22.7 Å². The van der Waals surface area contributed by atoms with Crippen LogP contribution < -0.4 is 0 Å². The molecule has 2 rings (SSSR count). The molecule has 0 saturated heterocycles. The van der Waals surface area contributed by atoms with Crippen molar-refractivity contribution in [1.29, 1.82) is 5.26 Å². The zero-order chi connectivity index (χ0) is 11.7. The molecule has 0 fully saturated rings. The summed E-state index contributed by atoms with van der Waals surface area (Å²) in [6.07, 6.45) is -2.49. The van der Waals surface area contributed by atoms with E-state index in [1.165, 1.54) is 16.7 Å². The molecular weight excluding hydrogens is 250 g/mol. The molecule has 0 aliphatic rings. The van der Waals surface area contributed by atoms with Gasteiger partial charge in [0.2, 0.25) is 0 Å². The lowest BCUT2D eigenvalue weighted by molar-refractivity contribution is 0.152. The number of aromatic nitrogens is 1. The molecule has 2 nitrogen and oxygen atoms in total. The van der Waals surface area contributed by atoms with Crippen LogP contribution in [-0.2, 0) is 0 Å². The van der Waals surface area contributed by atoms with Crippen molar-refractivity contribution in [2.24, 2.45) is 0 Å². The fourth-order valence-corrected chi connectivity index (χ4v) is 3.17. The lowest BCUT2D eigenvalue weighted by Crippen LogP contribution is -1.84. The van der Waals surface area contributed by atoms with Crippen LogP contribution in [0.1, 0.15) is 22.7 Å². The van der Waals surface area contributed by atoms with Crippen molar-refractivity contribution in [2.45, 2.75) is 13.3 Å². The SMILES string of the molecule is Cc1nc(C#N)sc1-c1cscc1C(F)F. The molecule has 16 heavy (non-hydrogen) atoms. The Bertz CT molecular complexity index is 551. The molecule has 0 radical (unpaired) electrons. The average molecular weight is 256 g/mol. The molecule has 0 aliphatic heterocycles. The number of thiophene rings is 1. The molecule has 2 aromatic rings. The van der Waals surface area contributed by atoms with Crippen molar-refractivity contribution < 1.29 is 8.78 Å². The Kier molecular flexibility index (Phi) is 2.99. The molecule has 0 amide bonds. The minimum Gasteiger partial charge on any atom is -0.231 e. The van der Waals surface area contributed by atoms with Crippen LogP contribution in [0.5, 0.6) is 0 Å². The first-order chi connectivity index (χ1) is 7.63. The average Bonchev–Trinajstić information content (AvgIpc) is 2.82. The van der Waals surface area contributed by atoms with Crippen LogP contribution >= 0.6 is 22.7 Å². The molecule has 0 atom stereocenters. The van der Waals surface area contributed by atoms with Crippen molar-refractivity contribution in [3.63, 3.8) is 0 Å². The molecule has 0 unspecified atom stereocenters. The molecular formula is C10H6F2N2S2. The van der Waals surface area contributed by atoms with E-state index in [-0.39, 0.29) is 5.56 Å². The van der Waals surface area contributed by atoms with Gasteiger partial charge < -0.3 is 0 Å². The summed E-state index contributed by atoms with van der Waals surface area (Å²) in [5, 5.41) is 12.1. The number of aryl methyl sites for hydroxylation is 1. The second kappa shape index (κ2) is 4.28. The van der Waals surface area contributed by atoms with E-state index in [2.05, 4.69) is 4.98 Å². The molecule has 2 heterocycles. The van der Waals surface area contributed by atoms with Crippen molar-refractivity contribution in [3.8, 4) is 16.5 Å². The normalized spacial score (nSPS) is 10.7. The second-order valence-corrected chi connectivity index (χ2v) is 4.83. The number of thiazole rings is 1. The maximum atomic E-state index is 12.7. The third-order valence-electron chi connectivity index (χ3n) is 2.06. The van der Waals surface area contributed by atoms with E-state index >= 15 is 0 Å². The lowest BCUT2D eigenvalue weighted by Gasteiger charge is -2.00. The van der Waals surface area contributed by atoms with Gasteiger partial charge in [-0.25, -0.2) is 13.8 Å². The van der Waals surface area contributed by atoms with Crippen LogP contribution in [0, 0.1) is 18.3 Å². The molecule has 0 spiro atoms. The largest absolute Gasteiger partial charge is 0.265 e. The van der Waals surface area contributed by atoms with Crippen LogP contribution in [0.2, 0.25) is 0 Å². The smallest absolute Gasteiger partial charge is 0.231 e. The summed E-state index contributed by atoms with van der Waals surface area (Å²) in [7, 11) is 0. The van der Waals surface area contributed by atoms with Gasteiger partial charge in [-0.05, 0) is 12.3 Å². The van der Waals surface area contributed by atoms with Gasteiger partial charge in [-0.2, -0.15) is 16.6 Å². The summed E-state index contributed by atoms with van der Waals surface area (Å²) in [5.74, 6) is 0. The monoisotopic (exact) mass is 256 g/mol. The Morgan fingerprint density at radius 1 is 1.44 bits per heavy atom. The number of nitrogens with zero attached hydrogens (tertiary/aromatic N) is 2. The molecule has 0 saturated carbocycles. The molecule has 0 aromatic carbocycles. The maximum absolute atomic E-state index is 12.7. The molecule has 0 aliphatic carbocycles. The Labute approximate surface area is 98.8 Å². The topological polar surface area (TPSA) is 36.7 Å². The van der Waals surface area contributed by atoms with Crippen molar-refractivity contribution in [3.05, 3.63) is 27.0 Å². The van der Waals surface area contributed by atoms with Crippen LogP contribution in [0.3, 0.4) is 0 Å². The van der Waals surface area contributed by atoms with E-state index in [4.69, 9.17) is 5.26 Å².